The van der Waals surface area contributed by atoms with Crippen LogP contribution in [0.5, 0.6) is 11.5 Å². The van der Waals surface area contributed by atoms with Crippen molar-refractivity contribution >= 4 is 10.8 Å². The van der Waals surface area contributed by atoms with Gasteiger partial charge in [0.25, 0.3) is 0 Å². The van der Waals surface area contributed by atoms with Crippen LogP contribution in [0.4, 0.5) is 0 Å². The topological polar surface area (TPSA) is 27.7 Å². The summed E-state index contributed by atoms with van der Waals surface area (Å²) < 4.78 is 17.3. The molecule has 0 aliphatic heterocycles. The third-order valence-electron chi connectivity index (χ3n) is 4.79. The van der Waals surface area contributed by atoms with Crippen molar-refractivity contribution in [2.24, 2.45) is 0 Å². The van der Waals surface area contributed by atoms with E-state index >= 15 is 0 Å². The molecule has 3 rings (SSSR count). The molecule has 0 saturated carbocycles. The summed E-state index contributed by atoms with van der Waals surface area (Å²) in [6.07, 6.45) is 0.816. The van der Waals surface area contributed by atoms with Gasteiger partial charge >= 0.3 is 0 Å². The lowest BCUT2D eigenvalue weighted by atomic mass is 9.99. The van der Waals surface area contributed by atoms with Crippen LogP contribution >= 0.6 is 0 Å². The van der Waals surface area contributed by atoms with Gasteiger partial charge in [-0.05, 0) is 59.9 Å². The van der Waals surface area contributed by atoms with Gasteiger partial charge in [0.15, 0.2) is 6.29 Å². The minimum Gasteiger partial charge on any atom is -0.491 e. The maximum absolute atomic E-state index is 5.81. The average Bonchev–Trinajstić information content (AvgIpc) is 2.71. The summed E-state index contributed by atoms with van der Waals surface area (Å²) >= 11 is 0. The zero-order chi connectivity index (χ0) is 19.1. The zero-order valence-electron chi connectivity index (χ0n) is 16.4. The smallest absolute Gasteiger partial charge is 0.197 e. The Morgan fingerprint density at radius 3 is 2.22 bits per heavy atom. The van der Waals surface area contributed by atoms with E-state index in [-0.39, 0.29) is 6.29 Å². The fourth-order valence-electron chi connectivity index (χ4n) is 2.97. The molecule has 0 saturated heterocycles. The van der Waals surface area contributed by atoms with Crippen LogP contribution in [0.15, 0.2) is 66.7 Å². The second kappa shape index (κ2) is 9.43. The van der Waals surface area contributed by atoms with E-state index in [1.807, 2.05) is 43.3 Å². The first-order chi connectivity index (χ1) is 13.2. The molecular formula is C24H28O3. The van der Waals surface area contributed by atoms with E-state index in [1.165, 1.54) is 16.3 Å². The van der Waals surface area contributed by atoms with Gasteiger partial charge in [-0.2, -0.15) is 0 Å². The van der Waals surface area contributed by atoms with E-state index in [9.17, 15) is 0 Å². The van der Waals surface area contributed by atoms with Crippen LogP contribution in [-0.2, 0) is 4.74 Å². The minimum atomic E-state index is -0.320. The molecule has 0 radical (unpaired) electrons. The number of benzene rings is 3. The van der Waals surface area contributed by atoms with Gasteiger partial charge < -0.3 is 14.2 Å². The highest BCUT2D eigenvalue weighted by molar-refractivity contribution is 5.83. The molecule has 27 heavy (non-hydrogen) atoms. The number of fused-ring (bicyclic) bond motifs is 1. The Morgan fingerprint density at radius 1 is 0.778 bits per heavy atom. The Bertz CT molecular complexity index is 842. The van der Waals surface area contributed by atoms with Crippen molar-refractivity contribution in [2.45, 2.75) is 39.4 Å². The van der Waals surface area contributed by atoms with Crippen molar-refractivity contribution < 1.29 is 14.2 Å². The molecule has 2 unspecified atom stereocenters. The summed E-state index contributed by atoms with van der Waals surface area (Å²) in [6, 6.07) is 22.6. The Balaban J connectivity index is 1.41. The maximum atomic E-state index is 5.81. The van der Waals surface area contributed by atoms with E-state index in [1.54, 1.807) is 0 Å². The summed E-state index contributed by atoms with van der Waals surface area (Å²) in [5.41, 5.74) is 1.34. The highest BCUT2D eigenvalue weighted by Gasteiger charge is 2.07. The van der Waals surface area contributed by atoms with Crippen molar-refractivity contribution in [3.8, 4) is 11.5 Å². The lowest BCUT2D eigenvalue weighted by Crippen LogP contribution is -2.19. The fraction of sp³-hybridized carbons (Fsp3) is 0.333. The van der Waals surface area contributed by atoms with Gasteiger partial charge in [0.1, 0.15) is 18.1 Å². The number of rotatable bonds is 9. The molecule has 3 nitrogen and oxygen atoms in total. The summed E-state index contributed by atoms with van der Waals surface area (Å²) in [7, 11) is 0. The molecule has 3 aromatic carbocycles. The number of hydrogen-bond donors (Lipinski definition) is 0. The molecule has 0 heterocycles. The minimum absolute atomic E-state index is 0.320. The molecule has 142 valence electrons. The third kappa shape index (κ3) is 5.48. The standard InChI is InChI=1S/C24H28O3/c1-4-18(2)20-9-12-23(13-10-20)27-19(3)25-15-16-26-24-14-11-21-7-5-6-8-22(21)17-24/h5-14,17-19H,4,15-16H2,1-3H3. The Morgan fingerprint density at radius 2 is 1.48 bits per heavy atom. The first kappa shape index (κ1) is 19.2. The predicted octanol–water partition coefficient (Wildman–Crippen LogP) is 6.17. The molecule has 0 aliphatic rings. The van der Waals surface area contributed by atoms with Crippen molar-refractivity contribution in [3.05, 3.63) is 72.3 Å². The first-order valence-electron chi connectivity index (χ1n) is 9.65. The molecule has 0 aromatic heterocycles. The van der Waals surface area contributed by atoms with E-state index in [2.05, 4.69) is 44.2 Å². The molecule has 0 bridgehead atoms. The van der Waals surface area contributed by atoms with Crippen LogP contribution in [0.2, 0.25) is 0 Å². The van der Waals surface area contributed by atoms with Crippen LogP contribution < -0.4 is 9.47 Å². The quantitative estimate of drug-likeness (QED) is 0.335. The van der Waals surface area contributed by atoms with Crippen molar-refractivity contribution in [3.63, 3.8) is 0 Å². The molecule has 3 heteroatoms. The van der Waals surface area contributed by atoms with Crippen LogP contribution in [0.3, 0.4) is 0 Å². The number of hydrogen-bond acceptors (Lipinski definition) is 3. The molecular weight excluding hydrogens is 336 g/mol. The normalized spacial score (nSPS) is 13.3. The van der Waals surface area contributed by atoms with Gasteiger partial charge in [-0.15, -0.1) is 0 Å². The van der Waals surface area contributed by atoms with Crippen LogP contribution in [0.1, 0.15) is 38.7 Å². The van der Waals surface area contributed by atoms with Crippen molar-refractivity contribution in [1.82, 2.24) is 0 Å². The molecule has 0 N–H and O–H groups in total. The summed E-state index contributed by atoms with van der Waals surface area (Å²) in [5.74, 6) is 2.25. The van der Waals surface area contributed by atoms with Crippen molar-refractivity contribution in [2.75, 3.05) is 13.2 Å². The Hall–Kier alpha value is -2.52. The molecule has 0 fully saturated rings. The van der Waals surface area contributed by atoms with Crippen LogP contribution in [0, 0.1) is 0 Å². The first-order valence-corrected chi connectivity index (χ1v) is 9.65. The van der Waals surface area contributed by atoms with Gasteiger partial charge in [-0.1, -0.05) is 56.3 Å². The van der Waals surface area contributed by atoms with E-state index in [0.717, 1.165) is 17.9 Å². The molecule has 0 aliphatic carbocycles. The Kier molecular flexibility index (Phi) is 6.72. The monoisotopic (exact) mass is 364 g/mol. The fourth-order valence-corrected chi connectivity index (χ4v) is 2.97. The van der Waals surface area contributed by atoms with Gasteiger partial charge in [0, 0.05) is 0 Å². The summed E-state index contributed by atoms with van der Waals surface area (Å²) in [4.78, 5) is 0. The van der Waals surface area contributed by atoms with Gasteiger partial charge in [0.05, 0.1) is 6.61 Å². The molecule has 0 amide bonds. The largest absolute Gasteiger partial charge is 0.491 e. The van der Waals surface area contributed by atoms with E-state index < -0.39 is 0 Å². The predicted molar refractivity (Wildman–Crippen MR) is 111 cm³/mol. The SMILES string of the molecule is CCC(C)c1ccc(OC(C)OCCOc2ccc3ccccc3c2)cc1. The maximum Gasteiger partial charge on any atom is 0.197 e. The summed E-state index contributed by atoms with van der Waals surface area (Å²) in [5, 5.41) is 2.39. The lowest BCUT2D eigenvalue weighted by Gasteiger charge is -2.17. The van der Waals surface area contributed by atoms with Gasteiger partial charge in [-0.25, -0.2) is 0 Å². The van der Waals surface area contributed by atoms with E-state index in [4.69, 9.17) is 14.2 Å². The van der Waals surface area contributed by atoms with Crippen LogP contribution in [-0.4, -0.2) is 19.5 Å². The molecule has 0 spiro atoms. The highest BCUT2D eigenvalue weighted by Crippen LogP contribution is 2.22. The Labute approximate surface area is 161 Å². The van der Waals surface area contributed by atoms with Crippen LogP contribution in [0.25, 0.3) is 10.8 Å². The molecule has 2 atom stereocenters. The third-order valence-corrected chi connectivity index (χ3v) is 4.79. The number of ether oxygens (including phenoxy) is 3. The second-order valence-corrected chi connectivity index (χ2v) is 6.79. The zero-order valence-corrected chi connectivity index (χ0v) is 16.4. The summed E-state index contributed by atoms with van der Waals surface area (Å²) in [6.45, 7) is 7.29. The van der Waals surface area contributed by atoms with Crippen molar-refractivity contribution in [1.29, 1.82) is 0 Å². The second-order valence-electron chi connectivity index (χ2n) is 6.79. The highest BCUT2D eigenvalue weighted by atomic mass is 16.7. The molecule has 3 aromatic rings. The van der Waals surface area contributed by atoms with Gasteiger partial charge in [-0.3, -0.25) is 0 Å². The van der Waals surface area contributed by atoms with Gasteiger partial charge in [0.2, 0.25) is 0 Å². The average molecular weight is 364 g/mol. The van der Waals surface area contributed by atoms with E-state index in [0.29, 0.717) is 19.1 Å². The lowest BCUT2D eigenvalue weighted by molar-refractivity contribution is -0.0739.